The van der Waals surface area contributed by atoms with Gasteiger partial charge in [0.15, 0.2) is 5.78 Å². The van der Waals surface area contributed by atoms with Gasteiger partial charge in [-0.25, -0.2) is 0 Å². The van der Waals surface area contributed by atoms with E-state index in [0.29, 0.717) is 6.42 Å². The van der Waals surface area contributed by atoms with Crippen LogP contribution in [0, 0.1) is 5.41 Å². The number of methoxy groups -OCH3 is 1. The molecule has 2 aliphatic carbocycles. The number of rotatable bonds is 1. The molecular weight excluding hydrogens is 274 g/mol. The van der Waals surface area contributed by atoms with Crippen molar-refractivity contribution in [2.75, 3.05) is 20.2 Å². The molecule has 1 aromatic rings. The molecule has 0 radical (unpaired) electrons. The molecule has 0 bridgehead atoms. The van der Waals surface area contributed by atoms with Crippen LogP contribution in [0.2, 0.25) is 0 Å². The molecular formula is C19H25NO2. The van der Waals surface area contributed by atoms with Crippen molar-refractivity contribution in [3.8, 4) is 5.75 Å². The summed E-state index contributed by atoms with van der Waals surface area (Å²) in [6.07, 6.45) is 7.31. The minimum atomic E-state index is 0.155. The van der Waals surface area contributed by atoms with Crippen molar-refractivity contribution in [1.82, 2.24) is 5.32 Å². The van der Waals surface area contributed by atoms with Crippen molar-refractivity contribution in [3.63, 3.8) is 0 Å². The third-order valence-corrected chi connectivity index (χ3v) is 5.02. The number of allylic oxidation sites excluding steroid dienone is 2. The summed E-state index contributed by atoms with van der Waals surface area (Å²) in [7, 11) is 1.69. The molecule has 118 valence electrons. The van der Waals surface area contributed by atoms with Crippen LogP contribution in [0.25, 0.3) is 5.57 Å². The predicted octanol–water partition coefficient (Wildman–Crippen LogP) is 3.37. The van der Waals surface area contributed by atoms with Crippen LogP contribution in [0.1, 0.15) is 43.7 Å². The minimum Gasteiger partial charge on any atom is -0.497 e. The highest BCUT2D eigenvalue weighted by atomic mass is 16.5. The molecule has 1 saturated heterocycles. The van der Waals surface area contributed by atoms with Gasteiger partial charge in [-0.3, -0.25) is 4.79 Å². The normalized spacial score (nSPS) is 25.7. The van der Waals surface area contributed by atoms with E-state index >= 15 is 0 Å². The molecule has 4 rings (SSSR count). The Kier molecular flexibility index (Phi) is 4.34. The van der Waals surface area contributed by atoms with Crippen LogP contribution >= 0.6 is 0 Å². The highest BCUT2D eigenvalue weighted by Crippen LogP contribution is 2.51. The number of fused-ring (bicyclic) bond motifs is 3. The summed E-state index contributed by atoms with van der Waals surface area (Å²) in [5.74, 6) is 1.17. The second-order valence-corrected chi connectivity index (χ2v) is 6.74. The van der Waals surface area contributed by atoms with Crippen molar-refractivity contribution in [2.45, 2.75) is 39.0 Å². The predicted molar refractivity (Wildman–Crippen MR) is 89.1 cm³/mol. The topological polar surface area (TPSA) is 38.3 Å². The Morgan fingerprint density at radius 3 is 2.64 bits per heavy atom. The van der Waals surface area contributed by atoms with Crippen LogP contribution in [-0.4, -0.2) is 26.0 Å². The average molecular weight is 299 g/mol. The number of benzene rings is 1. The lowest BCUT2D eigenvalue weighted by molar-refractivity contribution is -0.115. The van der Waals surface area contributed by atoms with E-state index in [1.165, 1.54) is 42.6 Å². The van der Waals surface area contributed by atoms with Crippen molar-refractivity contribution in [2.24, 2.45) is 5.41 Å². The Labute approximate surface area is 132 Å². The highest BCUT2D eigenvalue weighted by Gasteiger charge is 2.40. The van der Waals surface area contributed by atoms with Gasteiger partial charge in [-0.05, 0) is 79.1 Å². The van der Waals surface area contributed by atoms with Gasteiger partial charge >= 0.3 is 0 Å². The number of carbonyl (C=O) groups is 1. The van der Waals surface area contributed by atoms with Gasteiger partial charge in [-0.1, -0.05) is 13.0 Å². The summed E-state index contributed by atoms with van der Waals surface area (Å²) in [6.45, 7) is 4.76. The maximum atomic E-state index is 11.6. The molecule has 1 unspecified atom stereocenters. The lowest BCUT2D eigenvalue weighted by atomic mass is 9.74. The van der Waals surface area contributed by atoms with E-state index in [1.807, 2.05) is 12.1 Å². The van der Waals surface area contributed by atoms with E-state index in [9.17, 15) is 4.79 Å². The van der Waals surface area contributed by atoms with Gasteiger partial charge in [0.25, 0.3) is 0 Å². The molecule has 1 heterocycles. The minimum absolute atomic E-state index is 0.155. The molecule has 3 aliphatic rings. The Hall–Kier alpha value is -1.61. The summed E-state index contributed by atoms with van der Waals surface area (Å²) < 4.78 is 5.26. The molecule has 0 aromatic heterocycles. The first-order valence-electron chi connectivity index (χ1n) is 8.25. The fourth-order valence-corrected chi connectivity index (χ4v) is 3.68. The van der Waals surface area contributed by atoms with Crippen molar-refractivity contribution >= 4 is 11.4 Å². The van der Waals surface area contributed by atoms with Crippen LogP contribution in [0.5, 0.6) is 5.75 Å². The standard InChI is InChI=1S/C15H16O2.C4H9N/c1-15-6-5-11(16)8-14(15)13-4-3-12(17-2)7-10(13)9-15;1-2-4-5-3-1/h3-4,7-8H,5-6,9H2,1-2H3;5H,1-4H2. The summed E-state index contributed by atoms with van der Waals surface area (Å²) in [5.41, 5.74) is 3.93. The summed E-state index contributed by atoms with van der Waals surface area (Å²) >= 11 is 0. The number of carbonyl (C=O) groups excluding carboxylic acids is 1. The van der Waals surface area contributed by atoms with E-state index in [1.54, 1.807) is 7.11 Å². The van der Waals surface area contributed by atoms with E-state index in [4.69, 9.17) is 4.74 Å². The summed E-state index contributed by atoms with van der Waals surface area (Å²) in [6, 6.07) is 6.17. The van der Waals surface area contributed by atoms with Gasteiger partial charge in [0.2, 0.25) is 0 Å². The molecule has 0 saturated carbocycles. The zero-order chi connectivity index (χ0) is 15.6. The second kappa shape index (κ2) is 6.25. The first kappa shape index (κ1) is 15.3. The number of hydrogen-bond donors (Lipinski definition) is 1. The molecule has 1 N–H and O–H groups in total. The summed E-state index contributed by atoms with van der Waals surface area (Å²) in [4.78, 5) is 11.6. The average Bonchev–Trinajstić information content (AvgIpc) is 3.16. The smallest absolute Gasteiger partial charge is 0.156 e. The fourth-order valence-electron chi connectivity index (χ4n) is 3.68. The highest BCUT2D eigenvalue weighted by molar-refractivity contribution is 6.01. The van der Waals surface area contributed by atoms with Gasteiger partial charge in [0, 0.05) is 6.42 Å². The third-order valence-electron chi connectivity index (χ3n) is 5.02. The lowest BCUT2D eigenvalue weighted by Gasteiger charge is -2.29. The summed E-state index contributed by atoms with van der Waals surface area (Å²) in [5, 5.41) is 3.22. The zero-order valence-corrected chi connectivity index (χ0v) is 13.6. The Morgan fingerprint density at radius 2 is 2.00 bits per heavy atom. The largest absolute Gasteiger partial charge is 0.497 e. The number of hydrogen-bond acceptors (Lipinski definition) is 3. The Bertz CT molecular complexity index is 594. The molecule has 3 nitrogen and oxygen atoms in total. The number of ketones is 1. The van der Waals surface area contributed by atoms with Crippen molar-refractivity contribution < 1.29 is 9.53 Å². The van der Waals surface area contributed by atoms with E-state index in [0.717, 1.165) is 18.6 Å². The Balaban J connectivity index is 0.000000246. The first-order chi connectivity index (χ1) is 10.6. The lowest BCUT2D eigenvalue weighted by Crippen LogP contribution is -2.21. The number of ether oxygens (including phenoxy) is 1. The van der Waals surface area contributed by atoms with Gasteiger partial charge in [-0.2, -0.15) is 0 Å². The van der Waals surface area contributed by atoms with Gasteiger partial charge in [-0.15, -0.1) is 0 Å². The Morgan fingerprint density at radius 1 is 1.23 bits per heavy atom. The van der Waals surface area contributed by atoms with Crippen molar-refractivity contribution in [1.29, 1.82) is 0 Å². The van der Waals surface area contributed by atoms with Gasteiger partial charge in [0.1, 0.15) is 5.75 Å². The van der Waals surface area contributed by atoms with Crippen LogP contribution in [0.4, 0.5) is 0 Å². The van der Waals surface area contributed by atoms with E-state index in [2.05, 4.69) is 24.4 Å². The maximum Gasteiger partial charge on any atom is 0.156 e. The van der Waals surface area contributed by atoms with Crippen molar-refractivity contribution in [3.05, 3.63) is 35.4 Å². The third kappa shape index (κ3) is 2.95. The molecule has 0 amide bonds. The van der Waals surface area contributed by atoms with Crippen LogP contribution < -0.4 is 10.1 Å². The van der Waals surface area contributed by atoms with Crippen LogP contribution in [0.3, 0.4) is 0 Å². The van der Waals surface area contributed by atoms with Crippen LogP contribution in [0.15, 0.2) is 24.3 Å². The van der Waals surface area contributed by atoms with Crippen LogP contribution in [-0.2, 0) is 11.2 Å². The van der Waals surface area contributed by atoms with Gasteiger partial charge < -0.3 is 10.1 Å². The SMILES string of the molecule is C1CCNC1.COc1ccc2c(c1)CC1(C)CCC(=O)C=C21. The molecule has 1 fully saturated rings. The number of nitrogens with one attached hydrogen (secondary N) is 1. The van der Waals surface area contributed by atoms with E-state index in [-0.39, 0.29) is 11.2 Å². The molecule has 1 aliphatic heterocycles. The molecule has 3 heteroatoms. The second-order valence-electron chi connectivity index (χ2n) is 6.74. The monoisotopic (exact) mass is 299 g/mol. The molecule has 1 aromatic carbocycles. The van der Waals surface area contributed by atoms with E-state index < -0.39 is 0 Å². The zero-order valence-electron chi connectivity index (χ0n) is 13.6. The van der Waals surface area contributed by atoms with Gasteiger partial charge in [0.05, 0.1) is 7.11 Å². The molecule has 22 heavy (non-hydrogen) atoms. The fraction of sp³-hybridized carbons (Fsp3) is 0.526. The molecule has 1 atom stereocenters. The molecule has 0 spiro atoms. The first-order valence-corrected chi connectivity index (χ1v) is 8.25. The quantitative estimate of drug-likeness (QED) is 0.864. The maximum absolute atomic E-state index is 11.6.